The lowest BCUT2D eigenvalue weighted by Crippen LogP contribution is -2.27. The molecule has 2 rings (SSSR count). The van der Waals surface area contributed by atoms with Gasteiger partial charge in [-0.15, -0.1) is 12.4 Å². The lowest BCUT2D eigenvalue weighted by molar-refractivity contribution is 0.944. The first kappa shape index (κ1) is 13.4. The van der Waals surface area contributed by atoms with Crippen LogP contribution in [0.15, 0.2) is 23.2 Å². The largest absolute Gasteiger partial charge is 0.300 e. The molecule has 0 amide bonds. The van der Waals surface area contributed by atoms with Gasteiger partial charge >= 0.3 is 0 Å². The van der Waals surface area contributed by atoms with Crippen molar-refractivity contribution < 1.29 is 0 Å². The van der Waals surface area contributed by atoms with E-state index in [0.29, 0.717) is 10.0 Å². The quantitative estimate of drug-likeness (QED) is 0.813. The van der Waals surface area contributed by atoms with Crippen LogP contribution in [0.1, 0.15) is 12.8 Å². The van der Waals surface area contributed by atoms with Gasteiger partial charge in [0.1, 0.15) is 5.84 Å². The standard InChI is InChI=1S/C10H11Cl2N3.ClH/c11-8-4-3-7(6-9(8)12)14-15-10-2-1-5-13-10;/h3-4,6,14H,1-2,5H2,(H,13,15);1H. The van der Waals surface area contributed by atoms with E-state index in [0.717, 1.165) is 30.9 Å². The Morgan fingerprint density at radius 2 is 1.94 bits per heavy atom. The van der Waals surface area contributed by atoms with E-state index in [1.165, 1.54) is 0 Å². The average molecular weight is 281 g/mol. The van der Waals surface area contributed by atoms with Crippen molar-refractivity contribution in [1.82, 2.24) is 5.43 Å². The number of rotatable bonds is 2. The molecule has 1 heterocycles. The van der Waals surface area contributed by atoms with Gasteiger partial charge in [0.2, 0.25) is 0 Å². The summed E-state index contributed by atoms with van der Waals surface area (Å²) in [7, 11) is 0. The molecule has 88 valence electrons. The van der Waals surface area contributed by atoms with Crippen molar-refractivity contribution in [1.29, 1.82) is 0 Å². The maximum Gasteiger partial charge on any atom is 0.115 e. The lowest BCUT2D eigenvalue weighted by atomic mass is 10.3. The van der Waals surface area contributed by atoms with Crippen LogP contribution in [-0.2, 0) is 0 Å². The highest BCUT2D eigenvalue weighted by molar-refractivity contribution is 6.42. The minimum Gasteiger partial charge on any atom is -0.300 e. The molecular formula is C10H12Cl3N3. The summed E-state index contributed by atoms with van der Waals surface area (Å²) in [4.78, 5) is 4.27. The number of anilines is 1. The first-order chi connectivity index (χ1) is 7.25. The molecule has 0 unspecified atom stereocenters. The van der Waals surface area contributed by atoms with Crippen molar-refractivity contribution in [3.05, 3.63) is 28.2 Å². The monoisotopic (exact) mass is 279 g/mol. The first-order valence-corrected chi connectivity index (χ1v) is 5.52. The maximum absolute atomic E-state index is 5.88. The van der Waals surface area contributed by atoms with Crippen LogP contribution in [0.4, 0.5) is 5.69 Å². The highest BCUT2D eigenvalue weighted by Gasteiger charge is 2.05. The summed E-state index contributed by atoms with van der Waals surface area (Å²) >= 11 is 11.7. The van der Waals surface area contributed by atoms with E-state index >= 15 is 0 Å². The number of nitrogens with zero attached hydrogens (tertiary/aromatic N) is 1. The average Bonchev–Trinajstić information content (AvgIpc) is 2.73. The van der Waals surface area contributed by atoms with Gasteiger partial charge in [-0.1, -0.05) is 23.2 Å². The molecule has 1 aliphatic rings. The van der Waals surface area contributed by atoms with Gasteiger partial charge in [0.15, 0.2) is 0 Å². The number of hydrazine groups is 1. The van der Waals surface area contributed by atoms with Crippen LogP contribution in [0, 0.1) is 0 Å². The fourth-order valence-electron chi connectivity index (χ4n) is 1.36. The number of hydrogen-bond acceptors (Lipinski definition) is 3. The van der Waals surface area contributed by atoms with Gasteiger partial charge in [-0.25, -0.2) is 0 Å². The Kier molecular flexibility index (Phi) is 5.19. The third kappa shape index (κ3) is 3.44. The highest BCUT2D eigenvalue weighted by Crippen LogP contribution is 2.24. The Morgan fingerprint density at radius 3 is 2.56 bits per heavy atom. The van der Waals surface area contributed by atoms with Gasteiger partial charge in [-0.05, 0) is 24.6 Å². The second-order valence-electron chi connectivity index (χ2n) is 3.31. The summed E-state index contributed by atoms with van der Waals surface area (Å²) in [5, 5.41) is 1.09. The Balaban J connectivity index is 0.00000128. The normalized spacial score (nSPS) is 14.0. The molecule has 0 aromatic heterocycles. The Bertz CT molecular complexity index is 393. The van der Waals surface area contributed by atoms with E-state index in [2.05, 4.69) is 15.8 Å². The van der Waals surface area contributed by atoms with Gasteiger partial charge in [0, 0.05) is 13.0 Å². The van der Waals surface area contributed by atoms with Crippen LogP contribution in [0.5, 0.6) is 0 Å². The van der Waals surface area contributed by atoms with E-state index < -0.39 is 0 Å². The molecule has 0 radical (unpaired) electrons. The molecule has 0 aliphatic carbocycles. The third-order valence-electron chi connectivity index (χ3n) is 2.15. The second-order valence-corrected chi connectivity index (χ2v) is 4.13. The van der Waals surface area contributed by atoms with E-state index in [-0.39, 0.29) is 12.4 Å². The summed E-state index contributed by atoms with van der Waals surface area (Å²) in [6.07, 6.45) is 2.11. The van der Waals surface area contributed by atoms with Gasteiger partial charge in [0.05, 0.1) is 15.7 Å². The number of amidine groups is 1. The molecule has 1 aromatic rings. The van der Waals surface area contributed by atoms with Crippen LogP contribution in [0.2, 0.25) is 10.0 Å². The molecule has 3 nitrogen and oxygen atoms in total. The zero-order valence-corrected chi connectivity index (χ0v) is 10.8. The predicted octanol–water partition coefficient (Wildman–Crippen LogP) is 3.52. The zero-order valence-electron chi connectivity index (χ0n) is 8.46. The van der Waals surface area contributed by atoms with Crippen molar-refractivity contribution in [3.8, 4) is 0 Å². The molecular weight excluding hydrogens is 268 g/mol. The maximum atomic E-state index is 5.88. The summed E-state index contributed by atoms with van der Waals surface area (Å²) in [6.45, 7) is 0.908. The summed E-state index contributed by atoms with van der Waals surface area (Å²) in [6, 6.07) is 5.38. The van der Waals surface area contributed by atoms with Crippen LogP contribution >= 0.6 is 35.6 Å². The molecule has 1 aromatic carbocycles. The fourth-order valence-corrected chi connectivity index (χ4v) is 1.66. The molecule has 0 atom stereocenters. The first-order valence-electron chi connectivity index (χ1n) is 4.76. The number of hydrogen-bond donors (Lipinski definition) is 2. The minimum atomic E-state index is 0. The van der Waals surface area contributed by atoms with E-state index in [1.54, 1.807) is 12.1 Å². The Labute approximate surface area is 111 Å². The molecule has 2 N–H and O–H groups in total. The van der Waals surface area contributed by atoms with Crippen LogP contribution in [-0.4, -0.2) is 12.4 Å². The Hall–Kier alpha value is -0.640. The molecule has 0 spiro atoms. The van der Waals surface area contributed by atoms with Crippen LogP contribution < -0.4 is 10.9 Å². The third-order valence-corrected chi connectivity index (χ3v) is 2.88. The lowest BCUT2D eigenvalue weighted by Gasteiger charge is -2.09. The van der Waals surface area contributed by atoms with Gasteiger partial charge in [-0.2, -0.15) is 0 Å². The summed E-state index contributed by atoms with van der Waals surface area (Å²) in [5.74, 6) is 0.987. The van der Waals surface area contributed by atoms with Crippen molar-refractivity contribution >= 4 is 47.1 Å². The van der Waals surface area contributed by atoms with Gasteiger partial charge in [0.25, 0.3) is 0 Å². The molecule has 0 bridgehead atoms. The second kappa shape index (κ2) is 6.18. The van der Waals surface area contributed by atoms with Crippen molar-refractivity contribution in [3.63, 3.8) is 0 Å². The topological polar surface area (TPSA) is 36.4 Å². The zero-order chi connectivity index (χ0) is 10.7. The Morgan fingerprint density at radius 1 is 1.12 bits per heavy atom. The molecule has 16 heavy (non-hydrogen) atoms. The van der Waals surface area contributed by atoms with E-state index in [4.69, 9.17) is 23.2 Å². The highest BCUT2D eigenvalue weighted by atomic mass is 35.5. The SMILES string of the molecule is Cl.Clc1ccc(NNC2=NCCC2)cc1Cl. The molecule has 1 aliphatic heterocycles. The molecule has 6 heteroatoms. The molecule has 0 saturated heterocycles. The number of aliphatic imine (C=N–C) groups is 1. The minimum absolute atomic E-state index is 0. The molecule has 0 saturated carbocycles. The van der Waals surface area contributed by atoms with Gasteiger partial charge in [-0.3, -0.25) is 15.8 Å². The smallest absolute Gasteiger partial charge is 0.115 e. The van der Waals surface area contributed by atoms with Crippen LogP contribution in [0.25, 0.3) is 0 Å². The number of halogens is 3. The predicted molar refractivity (Wildman–Crippen MR) is 72.0 cm³/mol. The van der Waals surface area contributed by atoms with Crippen molar-refractivity contribution in [2.45, 2.75) is 12.8 Å². The van der Waals surface area contributed by atoms with E-state index in [1.807, 2.05) is 6.07 Å². The number of nitrogens with one attached hydrogen (secondary N) is 2. The summed E-state index contributed by atoms with van der Waals surface area (Å²) in [5.41, 5.74) is 6.95. The van der Waals surface area contributed by atoms with Crippen LogP contribution in [0.3, 0.4) is 0 Å². The van der Waals surface area contributed by atoms with Crippen molar-refractivity contribution in [2.24, 2.45) is 4.99 Å². The van der Waals surface area contributed by atoms with Crippen molar-refractivity contribution in [2.75, 3.05) is 12.0 Å². The summed E-state index contributed by atoms with van der Waals surface area (Å²) < 4.78 is 0. The fraction of sp³-hybridized carbons (Fsp3) is 0.300. The molecule has 0 fully saturated rings. The van der Waals surface area contributed by atoms with Gasteiger partial charge < -0.3 is 0 Å². The van der Waals surface area contributed by atoms with E-state index in [9.17, 15) is 0 Å². The number of benzene rings is 1.